The first-order chi connectivity index (χ1) is 7.31. The highest BCUT2D eigenvalue weighted by Crippen LogP contribution is 2.19. The second kappa shape index (κ2) is 4.14. The third-order valence-electron chi connectivity index (χ3n) is 2.17. The minimum Gasteiger partial charge on any atom is -0.395 e. The van der Waals surface area contributed by atoms with Gasteiger partial charge < -0.3 is 15.4 Å². The molecule has 0 aliphatic rings. The summed E-state index contributed by atoms with van der Waals surface area (Å²) in [4.78, 5) is 4.23. The van der Waals surface area contributed by atoms with E-state index in [1.165, 1.54) is 0 Å². The van der Waals surface area contributed by atoms with Gasteiger partial charge in [0.25, 0.3) is 0 Å². The Morgan fingerprint density at radius 2 is 2.00 bits per heavy atom. The first kappa shape index (κ1) is 9.73. The van der Waals surface area contributed by atoms with Gasteiger partial charge in [-0.1, -0.05) is 30.3 Å². The molecule has 0 bridgehead atoms. The number of nitrogens with two attached hydrogens (primary N) is 1. The normalized spacial score (nSPS) is 10.5. The molecule has 15 heavy (non-hydrogen) atoms. The van der Waals surface area contributed by atoms with Crippen molar-refractivity contribution >= 4 is 5.82 Å². The highest BCUT2D eigenvalue weighted by atomic mass is 16.3. The summed E-state index contributed by atoms with van der Waals surface area (Å²) in [6.45, 7) is 0.587. The average Bonchev–Trinajstić information content (AvgIpc) is 2.62. The van der Waals surface area contributed by atoms with Gasteiger partial charge in [0.15, 0.2) is 0 Å². The number of hydrogen-bond acceptors (Lipinski definition) is 3. The smallest absolute Gasteiger partial charge is 0.142 e. The second-order valence-electron chi connectivity index (χ2n) is 3.27. The molecular formula is C11H13N3O. The number of hydrogen-bond donors (Lipinski definition) is 2. The van der Waals surface area contributed by atoms with E-state index in [0.717, 1.165) is 11.4 Å². The van der Waals surface area contributed by atoms with Crippen molar-refractivity contribution in [1.82, 2.24) is 9.55 Å². The summed E-state index contributed by atoms with van der Waals surface area (Å²) in [6, 6.07) is 9.78. The fraction of sp³-hybridized carbons (Fsp3) is 0.182. The zero-order valence-electron chi connectivity index (χ0n) is 8.30. The van der Waals surface area contributed by atoms with E-state index < -0.39 is 0 Å². The molecule has 0 saturated carbocycles. The van der Waals surface area contributed by atoms with E-state index in [4.69, 9.17) is 10.8 Å². The second-order valence-corrected chi connectivity index (χ2v) is 3.27. The van der Waals surface area contributed by atoms with Gasteiger partial charge in [0.1, 0.15) is 11.6 Å². The summed E-state index contributed by atoms with van der Waals surface area (Å²) >= 11 is 0. The van der Waals surface area contributed by atoms with Crippen LogP contribution in [0.5, 0.6) is 0 Å². The van der Waals surface area contributed by atoms with Crippen molar-refractivity contribution < 1.29 is 5.11 Å². The maximum absolute atomic E-state index is 8.91. The highest BCUT2D eigenvalue weighted by molar-refractivity contribution is 5.57. The van der Waals surface area contributed by atoms with E-state index >= 15 is 0 Å². The molecule has 0 atom stereocenters. The lowest BCUT2D eigenvalue weighted by molar-refractivity contribution is 0.277. The van der Waals surface area contributed by atoms with Gasteiger partial charge in [0, 0.05) is 18.3 Å². The molecule has 78 valence electrons. The largest absolute Gasteiger partial charge is 0.395 e. The summed E-state index contributed by atoms with van der Waals surface area (Å²) in [5.41, 5.74) is 6.64. The van der Waals surface area contributed by atoms with Gasteiger partial charge in [-0.25, -0.2) is 4.98 Å². The molecule has 1 heterocycles. The molecule has 2 aromatic rings. The van der Waals surface area contributed by atoms with Gasteiger partial charge in [-0.05, 0) is 0 Å². The first-order valence-electron chi connectivity index (χ1n) is 4.80. The number of anilines is 1. The van der Waals surface area contributed by atoms with Crippen LogP contribution in [0.15, 0.2) is 36.5 Å². The highest BCUT2D eigenvalue weighted by Gasteiger charge is 2.07. The Kier molecular flexibility index (Phi) is 2.69. The van der Waals surface area contributed by atoms with Crippen molar-refractivity contribution in [1.29, 1.82) is 0 Å². The van der Waals surface area contributed by atoms with Crippen LogP contribution in [0.1, 0.15) is 0 Å². The minimum absolute atomic E-state index is 0.0790. The fourth-order valence-corrected chi connectivity index (χ4v) is 1.53. The maximum atomic E-state index is 8.91. The van der Waals surface area contributed by atoms with Gasteiger partial charge in [-0.2, -0.15) is 0 Å². The summed E-state index contributed by atoms with van der Waals surface area (Å²) in [5.74, 6) is 1.27. The Morgan fingerprint density at radius 3 is 2.67 bits per heavy atom. The van der Waals surface area contributed by atoms with Crippen LogP contribution in [-0.2, 0) is 6.54 Å². The molecule has 1 aromatic heterocycles. The third kappa shape index (κ3) is 1.99. The van der Waals surface area contributed by atoms with Crippen LogP contribution < -0.4 is 5.73 Å². The predicted octanol–water partition coefficient (Wildman–Crippen LogP) is 1.12. The Bertz CT molecular complexity index is 436. The Labute approximate surface area is 88.0 Å². The van der Waals surface area contributed by atoms with E-state index in [0.29, 0.717) is 12.4 Å². The van der Waals surface area contributed by atoms with Crippen molar-refractivity contribution in [2.45, 2.75) is 6.54 Å². The van der Waals surface area contributed by atoms with E-state index in [9.17, 15) is 0 Å². The maximum Gasteiger partial charge on any atom is 0.142 e. The number of nitrogens with zero attached hydrogens (tertiary/aromatic N) is 2. The number of aliphatic hydroxyl groups excluding tert-OH is 1. The van der Waals surface area contributed by atoms with Crippen LogP contribution in [0.25, 0.3) is 11.4 Å². The molecule has 0 fully saturated rings. The number of nitrogen functional groups attached to an aromatic ring is 1. The van der Waals surface area contributed by atoms with Gasteiger partial charge in [-0.3, -0.25) is 0 Å². The Morgan fingerprint density at radius 1 is 1.27 bits per heavy atom. The Hall–Kier alpha value is -1.81. The minimum atomic E-state index is 0.0790. The standard InChI is InChI=1S/C11H13N3O/c12-10-8-14(6-7-15)11(13-10)9-4-2-1-3-5-9/h1-5,8,15H,6-7,12H2. The molecular weight excluding hydrogens is 190 g/mol. The molecule has 1 aromatic carbocycles. The van der Waals surface area contributed by atoms with Crippen molar-refractivity contribution in [2.75, 3.05) is 12.3 Å². The van der Waals surface area contributed by atoms with Crippen LogP contribution in [0, 0.1) is 0 Å². The Balaban J connectivity index is 2.43. The molecule has 0 saturated heterocycles. The molecule has 4 heteroatoms. The van der Waals surface area contributed by atoms with E-state index in [-0.39, 0.29) is 6.61 Å². The lowest BCUT2D eigenvalue weighted by atomic mass is 10.2. The van der Waals surface area contributed by atoms with Gasteiger partial charge >= 0.3 is 0 Å². The molecule has 3 N–H and O–H groups in total. The zero-order valence-corrected chi connectivity index (χ0v) is 8.30. The van der Waals surface area contributed by atoms with E-state index in [2.05, 4.69) is 4.98 Å². The SMILES string of the molecule is Nc1cn(CCO)c(-c2ccccc2)n1. The number of aromatic nitrogens is 2. The predicted molar refractivity (Wildman–Crippen MR) is 59.2 cm³/mol. The number of benzene rings is 1. The van der Waals surface area contributed by atoms with Gasteiger partial charge in [-0.15, -0.1) is 0 Å². The number of imidazole rings is 1. The van der Waals surface area contributed by atoms with E-state index in [1.807, 2.05) is 34.9 Å². The molecule has 0 aliphatic heterocycles. The monoisotopic (exact) mass is 203 g/mol. The fourth-order valence-electron chi connectivity index (χ4n) is 1.53. The van der Waals surface area contributed by atoms with Gasteiger partial charge in [0.05, 0.1) is 6.61 Å². The van der Waals surface area contributed by atoms with Crippen LogP contribution in [0.4, 0.5) is 5.82 Å². The molecule has 0 unspecified atom stereocenters. The summed E-state index contributed by atoms with van der Waals surface area (Å²) < 4.78 is 1.85. The van der Waals surface area contributed by atoms with Crippen LogP contribution >= 0.6 is 0 Å². The molecule has 0 spiro atoms. The van der Waals surface area contributed by atoms with Crippen molar-refractivity contribution in [3.05, 3.63) is 36.5 Å². The van der Waals surface area contributed by atoms with Crippen molar-refractivity contribution in [2.24, 2.45) is 0 Å². The van der Waals surface area contributed by atoms with Crippen LogP contribution in [-0.4, -0.2) is 21.3 Å². The molecule has 4 nitrogen and oxygen atoms in total. The van der Waals surface area contributed by atoms with Crippen molar-refractivity contribution in [3.8, 4) is 11.4 Å². The summed E-state index contributed by atoms with van der Waals surface area (Å²) in [7, 11) is 0. The molecule has 0 aliphatic carbocycles. The lowest BCUT2D eigenvalue weighted by Gasteiger charge is -2.04. The average molecular weight is 203 g/mol. The molecule has 0 radical (unpaired) electrons. The molecule has 0 amide bonds. The van der Waals surface area contributed by atoms with Crippen LogP contribution in [0.2, 0.25) is 0 Å². The lowest BCUT2D eigenvalue weighted by Crippen LogP contribution is -2.02. The number of aliphatic hydroxyl groups is 1. The van der Waals surface area contributed by atoms with E-state index in [1.54, 1.807) is 6.20 Å². The van der Waals surface area contributed by atoms with Crippen LogP contribution in [0.3, 0.4) is 0 Å². The quantitative estimate of drug-likeness (QED) is 0.785. The molecule has 2 rings (SSSR count). The zero-order chi connectivity index (χ0) is 10.7. The van der Waals surface area contributed by atoms with Crippen molar-refractivity contribution in [3.63, 3.8) is 0 Å². The van der Waals surface area contributed by atoms with Gasteiger partial charge in [0.2, 0.25) is 0 Å². The summed E-state index contributed by atoms with van der Waals surface area (Å²) in [6.07, 6.45) is 1.73. The summed E-state index contributed by atoms with van der Waals surface area (Å²) in [5, 5.41) is 8.91. The number of rotatable bonds is 3. The third-order valence-corrected chi connectivity index (χ3v) is 2.17. The topological polar surface area (TPSA) is 64.1 Å². The first-order valence-corrected chi connectivity index (χ1v) is 4.80.